The first kappa shape index (κ1) is 25.8. The Balaban J connectivity index is 1.69. The van der Waals surface area contributed by atoms with Crippen molar-refractivity contribution in [1.82, 2.24) is 9.47 Å². The first-order valence-electron chi connectivity index (χ1n) is 12.7. The number of alkyl halides is 3. The highest BCUT2D eigenvalue weighted by molar-refractivity contribution is 5.98. The van der Waals surface area contributed by atoms with Crippen LogP contribution in [0.1, 0.15) is 66.6 Å². The largest absolute Gasteiger partial charge is 0.365 e. The fourth-order valence-electron chi connectivity index (χ4n) is 6.60. The second-order valence-electron chi connectivity index (χ2n) is 10.9. The van der Waals surface area contributed by atoms with Gasteiger partial charge >= 0.3 is 0 Å². The first-order chi connectivity index (χ1) is 17.6. The van der Waals surface area contributed by atoms with E-state index in [1.807, 2.05) is 11.9 Å². The zero-order valence-electron chi connectivity index (χ0n) is 21.0. The number of nitrogens with two attached hydrogens (primary N) is 1. The molecule has 5 rings (SSSR count). The maximum atomic E-state index is 15.4. The van der Waals surface area contributed by atoms with E-state index in [9.17, 15) is 22.8 Å². The van der Waals surface area contributed by atoms with Crippen LogP contribution in [-0.4, -0.2) is 48.2 Å². The van der Waals surface area contributed by atoms with Gasteiger partial charge in [-0.25, -0.2) is 17.6 Å². The Morgan fingerprint density at radius 1 is 1.19 bits per heavy atom. The molecule has 1 aromatic heterocycles. The van der Waals surface area contributed by atoms with Crippen molar-refractivity contribution in [3.8, 4) is 0 Å². The van der Waals surface area contributed by atoms with Crippen LogP contribution in [0, 0.1) is 17.7 Å². The molecule has 2 heterocycles. The molecule has 200 valence electrons. The molecule has 2 saturated carbocycles. The summed E-state index contributed by atoms with van der Waals surface area (Å²) in [4.78, 5) is 30.1. The number of hydrogen-bond acceptors (Lipinski definition) is 4. The van der Waals surface area contributed by atoms with Crippen molar-refractivity contribution < 1.29 is 22.4 Å². The number of pyridine rings is 1. The summed E-state index contributed by atoms with van der Waals surface area (Å²) in [5.41, 5.74) is 3.98. The molecule has 37 heavy (non-hydrogen) atoms. The summed E-state index contributed by atoms with van der Waals surface area (Å²) in [6, 6.07) is 4.26. The van der Waals surface area contributed by atoms with Gasteiger partial charge in [0.25, 0.3) is 17.9 Å². The third-order valence-electron chi connectivity index (χ3n) is 8.61. The van der Waals surface area contributed by atoms with Crippen molar-refractivity contribution in [2.24, 2.45) is 17.6 Å². The van der Waals surface area contributed by atoms with E-state index in [0.29, 0.717) is 12.8 Å². The number of amides is 1. The van der Waals surface area contributed by atoms with E-state index in [0.717, 1.165) is 32.0 Å². The van der Waals surface area contributed by atoms with Gasteiger partial charge in [-0.1, -0.05) is 18.2 Å². The molecule has 3 aliphatic rings. The monoisotopic (exact) mass is 520 g/mol. The number of hydrogen-bond donors (Lipinski definition) is 1. The van der Waals surface area contributed by atoms with Crippen molar-refractivity contribution in [2.45, 2.75) is 56.7 Å². The number of piperidine rings is 1. The summed E-state index contributed by atoms with van der Waals surface area (Å²) in [6.45, 7) is 2.51. The number of nitrogens with zero attached hydrogens (tertiary/aromatic N) is 3. The number of primary amides is 1. The van der Waals surface area contributed by atoms with Crippen LogP contribution in [0.5, 0.6) is 0 Å². The Morgan fingerprint density at radius 2 is 1.81 bits per heavy atom. The van der Waals surface area contributed by atoms with Gasteiger partial charge in [-0.15, -0.1) is 0 Å². The van der Waals surface area contributed by atoms with E-state index in [4.69, 9.17) is 5.73 Å². The van der Waals surface area contributed by atoms with Crippen LogP contribution in [0.4, 0.5) is 23.2 Å². The van der Waals surface area contributed by atoms with Gasteiger partial charge in [0.2, 0.25) is 0 Å². The lowest BCUT2D eigenvalue weighted by Crippen LogP contribution is -2.53. The quantitative estimate of drug-likeness (QED) is 0.524. The Labute approximate surface area is 213 Å². The second kappa shape index (κ2) is 9.45. The van der Waals surface area contributed by atoms with E-state index in [-0.39, 0.29) is 34.7 Å². The van der Waals surface area contributed by atoms with Crippen LogP contribution >= 0.6 is 0 Å². The third kappa shape index (κ3) is 4.32. The van der Waals surface area contributed by atoms with Gasteiger partial charge in [-0.3, -0.25) is 9.59 Å². The fraction of sp³-hybridized carbons (Fsp3) is 0.556. The second-order valence-corrected chi connectivity index (χ2v) is 10.9. The average Bonchev–Trinajstić information content (AvgIpc) is 3.59. The van der Waals surface area contributed by atoms with Crippen molar-refractivity contribution in [3.63, 3.8) is 0 Å². The highest BCUT2D eigenvalue weighted by atomic mass is 19.3. The minimum atomic E-state index is -2.99. The highest BCUT2D eigenvalue weighted by Crippen LogP contribution is 2.47. The van der Waals surface area contributed by atoms with Gasteiger partial charge in [0.1, 0.15) is 12.5 Å². The number of rotatable bonds is 8. The molecule has 0 radical (unpaired) electrons. The van der Waals surface area contributed by atoms with E-state index < -0.39 is 47.5 Å². The zero-order chi connectivity index (χ0) is 26.6. The lowest BCUT2D eigenvalue weighted by atomic mass is 9.87. The Bertz CT molecular complexity index is 1250. The topological polar surface area (TPSA) is 71.6 Å². The number of halogens is 4. The van der Waals surface area contributed by atoms with Gasteiger partial charge in [0.05, 0.1) is 28.4 Å². The normalized spacial score (nSPS) is 25.3. The number of carbonyl (C=O) groups is 1. The summed E-state index contributed by atoms with van der Waals surface area (Å²) in [6.07, 6.45) is 1.13. The van der Waals surface area contributed by atoms with E-state index in [1.54, 1.807) is 6.92 Å². The number of likely N-dealkylation sites (tertiary alicyclic amines) is 1. The van der Waals surface area contributed by atoms with Gasteiger partial charge < -0.3 is 20.1 Å². The van der Waals surface area contributed by atoms with E-state index in [2.05, 4.69) is 4.90 Å². The molecule has 0 spiro atoms. The number of benzene rings is 1. The molecule has 10 heteroatoms. The minimum Gasteiger partial charge on any atom is -0.365 e. The Morgan fingerprint density at radius 3 is 2.35 bits per heavy atom. The molecule has 2 N–H and O–H groups in total. The molecule has 3 fully saturated rings. The summed E-state index contributed by atoms with van der Waals surface area (Å²) < 4.78 is 57.6. The number of aromatic nitrogens is 1. The van der Waals surface area contributed by atoms with Crippen LogP contribution in [0.2, 0.25) is 0 Å². The van der Waals surface area contributed by atoms with Crippen molar-refractivity contribution >= 4 is 11.6 Å². The molecule has 3 atom stereocenters. The van der Waals surface area contributed by atoms with Crippen LogP contribution in [0.3, 0.4) is 0 Å². The van der Waals surface area contributed by atoms with Crippen LogP contribution in [0.25, 0.3) is 0 Å². The summed E-state index contributed by atoms with van der Waals surface area (Å²) in [5, 5.41) is 0. The Hall–Kier alpha value is -2.88. The Kier molecular flexibility index (Phi) is 6.58. The molecular formula is C27H32F4N4O2. The maximum Gasteiger partial charge on any atom is 0.266 e. The van der Waals surface area contributed by atoms with Crippen LogP contribution in [0.15, 0.2) is 35.3 Å². The highest BCUT2D eigenvalue weighted by Gasteiger charge is 2.48. The molecule has 1 aromatic carbocycles. The van der Waals surface area contributed by atoms with Gasteiger partial charge in [-0.05, 0) is 51.5 Å². The third-order valence-corrected chi connectivity index (χ3v) is 8.61. The summed E-state index contributed by atoms with van der Waals surface area (Å²) >= 11 is 0. The number of fused-ring (bicyclic) bond motifs is 2. The van der Waals surface area contributed by atoms with Gasteiger partial charge in [-0.2, -0.15) is 0 Å². The maximum absolute atomic E-state index is 15.4. The van der Waals surface area contributed by atoms with Crippen molar-refractivity contribution in [1.29, 1.82) is 0 Å². The molecule has 1 aliphatic heterocycles. The van der Waals surface area contributed by atoms with Gasteiger partial charge in [0.15, 0.2) is 0 Å². The van der Waals surface area contributed by atoms with E-state index in [1.165, 1.54) is 29.0 Å². The lowest BCUT2D eigenvalue weighted by molar-refractivity contribution is 0.0998. The first-order valence-corrected chi connectivity index (χ1v) is 12.7. The molecule has 2 aromatic rings. The zero-order valence-corrected chi connectivity index (χ0v) is 21.0. The van der Waals surface area contributed by atoms with Crippen molar-refractivity contribution in [2.75, 3.05) is 31.7 Å². The molecule has 2 unspecified atom stereocenters. The predicted molar refractivity (Wildman–Crippen MR) is 132 cm³/mol. The van der Waals surface area contributed by atoms with E-state index >= 15 is 4.39 Å². The minimum absolute atomic E-state index is 0.0370. The summed E-state index contributed by atoms with van der Waals surface area (Å²) in [7, 11) is 2.03. The molecular weight excluding hydrogens is 488 g/mol. The molecule has 6 nitrogen and oxygen atoms in total. The van der Waals surface area contributed by atoms with Crippen LogP contribution in [-0.2, 0) is 5.54 Å². The molecule has 1 amide bonds. The SMILES string of the molecule is C[C@H](c1cccc(C(F)F)c1F)N(c1cc(=O)n(C2(CF)CC2)cc1C(N)=O)C1C2CCC1CN(C)C2. The fourth-order valence-corrected chi connectivity index (χ4v) is 6.60. The smallest absolute Gasteiger partial charge is 0.266 e. The van der Waals surface area contributed by atoms with Crippen LogP contribution < -0.4 is 16.2 Å². The number of anilines is 1. The average molecular weight is 521 g/mol. The standard InChI is InChI=1S/C27H32F4N4O2/c1-15(18-4-3-5-19(23(18)29)25(30)31)35(24-16-6-7-17(24)12-33(2)11-16)21-10-22(36)34(13-20(21)26(32)37)27(14-28)8-9-27/h3-5,10,13,15-17,24-25H,6-9,11-12,14H2,1-2H3,(H2,32,37)/t15-,16?,17?,24?/m1/s1. The number of carbonyl (C=O) groups excluding carboxylic acids is 1. The lowest BCUT2D eigenvalue weighted by Gasteiger charge is -2.47. The van der Waals surface area contributed by atoms with Gasteiger partial charge in [0, 0.05) is 37.0 Å². The molecule has 2 bridgehead atoms. The molecule has 2 aliphatic carbocycles. The summed E-state index contributed by atoms with van der Waals surface area (Å²) in [5.74, 6) is -1.47. The predicted octanol–water partition coefficient (Wildman–Crippen LogP) is 4.39. The molecule has 1 saturated heterocycles. The van der Waals surface area contributed by atoms with Crippen molar-refractivity contribution in [3.05, 3.63) is 63.3 Å².